The lowest BCUT2D eigenvalue weighted by Crippen LogP contribution is -2.29. The number of fused-ring (bicyclic) bond motifs is 3. The number of aromatic amines is 1. The maximum absolute atomic E-state index is 10.8. The van der Waals surface area contributed by atoms with Gasteiger partial charge < -0.3 is 9.88 Å². The molecule has 2 aromatic carbocycles. The first-order chi connectivity index (χ1) is 11.1. The van der Waals surface area contributed by atoms with E-state index in [9.17, 15) is 10.1 Å². The van der Waals surface area contributed by atoms with Gasteiger partial charge in [0.15, 0.2) is 0 Å². The van der Waals surface area contributed by atoms with E-state index in [2.05, 4.69) is 35.0 Å². The van der Waals surface area contributed by atoms with Crippen molar-refractivity contribution in [2.24, 2.45) is 0 Å². The fraction of sp³-hybridized carbons (Fsp3) is 0.222. The van der Waals surface area contributed by atoms with Gasteiger partial charge in [-0.05, 0) is 31.2 Å². The number of hydrogen-bond donors (Lipinski definition) is 1. The minimum absolute atomic E-state index is 0.133. The maximum atomic E-state index is 10.8. The van der Waals surface area contributed by atoms with Crippen LogP contribution in [0.3, 0.4) is 0 Å². The molecule has 0 atom stereocenters. The van der Waals surface area contributed by atoms with Gasteiger partial charge in [-0.15, -0.1) is 0 Å². The largest absolute Gasteiger partial charge is 0.367 e. The van der Waals surface area contributed by atoms with Crippen LogP contribution in [-0.4, -0.2) is 16.5 Å². The van der Waals surface area contributed by atoms with Crippen LogP contribution in [-0.2, 0) is 13.0 Å². The summed E-state index contributed by atoms with van der Waals surface area (Å²) in [6.45, 7) is 3.85. The van der Waals surface area contributed by atoms with Crippen molar-refractivity contribution in [1.82, 2.24) is 4.98 Å². The fourth-order valence-corrected chi connectivity index (χ4v) is 3.33. The van der Waals surface area contributed by atoms with Crippen LogP contribution in [0, 0.1) is 17.0 Å². The first-order valence-electron chi connectivity index (χ1n) is 7.71. The van der Waals surface area contributed by atoms with Gasteiger partial charge >= 0.3 is 0 Å². The van der Waals surface area contributed by atoms with Crippen molar-refractivity contribution in [1.29, 1.82) is 0 Å². The summed E-state index contributed by atoms with van der Waals surface area (Å²) in [4.78, 5) is 16.2. The maximum Gasteiger partial charge on any atom is 0.269 e. The van der Waals surface area contributed by atoms with E-state index in [1.165, 1.54) is 27.7 Å². The Kier molecular flexibility index (Phi) is 3.08. The molecule has 1 N–H and O–H groups in total. The van der Waals surface area contributed by atoms with Crippen LogP contribution in [0.25, 0.3) is 10.9 Å². The van der Waals surface area contributed by atoms with E-state index < -0.39 is 0 Å². The number of aryl methyl sites for hydroxylation is 1. The lowest BCUT2D eigenvalue weighted by molar-refractivity contribution is -0.384. The highest BCUT2D eigenvalue weighted by Crippen LogP contribution is 2.31. The van der Waals surface area contributed by atoms with Crippen LogP contribution in [0.4, 0.5) is 11.4 Å². The fourth-order valence-electron chi connectivity index (χ4n) is 3.33. The molecule has 0 saturated carbocycles. The molecule has 3 aromatic rings. The molecule has 0 unspecified atom stereocenters. The van der Waals surface area contributed by atoms with E-state index in [1.54, 1.807) is 12.1 Å². The lowest BCUT2D eigenvalue weighted by Gasteiger charge is -2.29. The highest BCUT2D eigenvalue weighted by Gasteiger charge is 2.21. The Bertz CT molecular complexity index is 897. The van der Waals surface area contributed by atoms with Crippen molar-refractivity contribution in [3.05, 3.63) is 69.4 Å². The Labute approximate surface area is 133 Å². The average Bonchev–Trinajstić information content (AvgIpc) is 2.92. The number of nitro groups is 1. The van der Waals surface area contributed by atoms with Crippen LogP contribution >= 0.6 is 0 Å². The Morgan fingerprint density at radius 3 is 2.70 bits per heavy atom. The van der Waals surface area contributed by atoms with Gasteiger partial charge in [0.2, 0.25) is 0 Å². The molecular weight excluding hydrogens is 290 g/mol. The van der Waals surface area contributed by atoms with E-state index in [0.717, 1.165) is 25.2 Å². The van der Waals surface area contributed by atoms with Crippen LogP contribution < -0.4 is 4.90 Å². The van der Waals surface area contributed by atoms with Crippen LogP contribution in [0.5, 0.6) is 0 Å². The number of anilines is 1. The Balaban J connectivity index is 1.69. The van der Waals surface area contributed by atoms with Gasteiger partial charge in [0.1, 0.15) is 0 Å². The summed E-state index contributed by atoms with van der Waals surface area (Å²) in [6.07, 6.45) is 0.958. The molecule has 1 aliphatic heterocycles. The molecule has 5 heteroatoms. The quantitative estimate of drug-likeness (QED) is 0.576. The van der Waals surface area contributed by atoms with Crippen molar-refractivity contribution in [3.63, 3.8) is 0 Å². The number of hydrogen-bond acceptors (Lipinski definition) is 3. The molecule has 23 heavy (non-hydrogen) atoms. The molecule has 116 valence electrons. The van der Waals surface area contributed by atoms with Gasteiger partial charge in [-0.1, -0.05) is 11.6 Å². The zero-order valence-electron chi connectivity index (χ0n) is 12.9. The molecule has 5 nitrogen and oxygen atoms in total. The molecule has 0 spiro atoms. The van der Waals surface area contributed by atoms with Crippen LogP contribution in [0.2, 0.25) is 0 Å². The number of H-pyrrole nitrogens is 1. The first-order valence-corrected chi connectivity index (χ1v) is 7.71. The Hall–Kier alpha value is -2.82. The van der Waals surface area contributed by atoms with Gasteiger partial charge in [-0.2, -0.15) is 0 Å². The normalized spacial score (nSPS) is 14.0. The second kappa shape index (κ2) is 5.12. The van der Waals surface area contributed by atoms with Crippen molar-refractivity contribution in [2.45, 2.75) is 19.9 Å². The number of rotatable bonds is 2. The molecule has 1 aliphatic rings. The minimum atomic E-state index is -0.361. The second-order valence-corrected chi connectivity index (χ2v) is 6.08. The minimum Gasteiger partial charge on any atom is -0.367 e. The average molecular weight is 307 g/mol. The summed E-state index contributed by atoms with van der Waals surface area (Å²) in [7, 11) is 0. The van der Waals surface area contributed by atoms with E-state index in [1.807, 2.05) is 12.1 Å². The predicted molar refractivity (Wildman–Crippen MR) is 90.9 cm³/mol. The first kappa shape index (κ1) is 13.8. The summed E-state index contributed by atoms with van der Waals surface area (Å²) in [6, 6.07) is 13.3. The van der Waals surface area contributed by atoms with Gasteiger partial charge in [0.05, 0.1) is 4.92 Å². The van der Waals surface area contributed by atoms with E-state index in [-0.39, 0.29) is 10.6 Å². The third-order valence-corrected chi connectivity index (χ3v) is 4.56. The number of non-ortho nitro benzene ring substituents is 1. The summed E-state index contributed by atoms with van der Waals surface area (Å²) >= 11 is 0. The van der Waals surface area contributed by atoms with Gasteiger partial charge in [0.25, 0.3) is 5.69 Å². The molecule has 0 bridgehead atoms. The standard InChI is InChI=1S/C18H17N3O2/c1-12-2-7-17-15(10-12)16-11-20(9-8-18(16)19-17)13-3-5-14(6-4-13)21(22)23/h2-7,10,19H,8-9,11H2,1H3. The van der Waals surface area contributed by atoms with Crippen molar-refractivity contribution in [3.8, 4) is 0 Å². The van der Waals surface area contributed by atoms with Crippen LogP contribution in [0.15, 0.2) is 42.5 Å². The molecule has 2 heterocycles. The molecule has 0 aliphatic carbocycles. The number of nitro benzene ring substituents is 1. The zero-order valence-corrected chi connectivity index (χ0v) is 12.9. The number of nitrogens with zero attached hydrogens (tertiary/aromatic N) is 2. The summed E-state index contributed by atoms with van der Waals surface area (Å²) in [5, 5.41) is 12.1. The summed E-state index contributed by atoms with van der Waals surface area (Å²) in [5.74, 6) is 0. The monoisotopic (exact) mass is 307 g/mol. The van der Waals surface area contributed by atoms with Gasteiger partial charge in [0, 0.05) is 59.5 Å². The highest BCUT2D eigenvalue weighted by molar-refractivity contribution is 5.86. The molecule has 0 amide bonds. The van der Waals surface area contributed by atoms with Crippen molar-refractivity contribution >= 4 is 22.3 Å². The smallest absolute Gasteiger partial charge is 0.269 e. The third kappa shape index (κ3) is 2.34. The van der Waals surface area contributed by atoms with E-state index in [0.29, 0.717) is 0 Å². The van der Waals surface area contributed by atoms with Crippen molar-refractivity contribution < 1.29 is 4.92 Å². The Morgan fingerprint density at radius 1 is 1.17 bits per heavy atom. The summed E-state index contributed by atoms with van der Waals surface area (Å²) < 4.78 is 0. The number of benzene rings is 2. The topological polar surface area (TPSA) is 62.2 Å². The molecule has 0 saturated heterocycles. The van der Waals surface area contributed by atoms with Crippen LogP contribution in [0.1, 0.15) is 16.8 Å². The molecule has 1 aromatic heterocycles. The highest BCUT2D eigenvalue weighted by atomic mass is 16.6. The van der Waals surface area contributed by atoms with Crippen molar-refractivity contribution in [2.75, 3.05) is 11.4 Å². The number of aromatic nitrogens is 1. The van der Waals surface area contributed by atoms with E-state index in [4.69, 9.17) is 0 Å². The Morgan fingerprint density at radius 2 is 1.96 bits per heavy atom. The van der Waals surface area contributed by atoms with Gasteiger partial charge in [-0.25, -0.2) is 0 Å². The van der Waals surface area contributed by atoms with E-state index >= 15 is 0 Å². The second-order valence-electron chi connectivity index (χ2n) is 6.08. The molecule has 4 rings (SSSR count). The van der Waals surface area contributed by atoms with Gasteiger partial charge in [-0.3, -0.25) is 10.1 Å². The zero-order chi connectivity index (χ0) is 16.0. The SMILES string of the molecule is Cc1ccc2[nH]c3c(c2c1)CN(c1ccc([N+](=O)[O-])cc1)CC3. The molecule has 0 fully saturated rings. The molecule has 0 radical (unpaired) electrons. The third-order valence-electron chi connectivity index (χ3n) is 4.56. The molecular formula is C18H17N3O2. The summed E-state index contributed by atoms with van der Waals surface area (Å²) in [5.41, 5.74) is 6.26. The lowest BCUT2D eigenvalue weighted by atomic mass is 10.0. The predicted octanol–water partition coefficient (Wildman–Crippen LogP) is 3.95. The number of nitrogens with one attached hydrogen (secondary N) is 1.